The molecule has 0 bridgehead atoms. The van der Waals surface area contributed by atoms with E-state index >= 15 is 0 Å². The van der Waals surface area contributed by atoms with E-state index in [1.165, 1.54) is 48.8 Å². The van der Waals surface area contributed by atoms with Crippen LogP contribution in [0.3, 0.4) is 0 Å². The van der Waals surface area contributed by atoms with E-state index in [1.807, 2.05) is 0 Å². The maximum Gasteiger partial charge on any atom is 0.136 e. The summed E-state index contributed by atoms with van der Waals surface area (Å²) in [6.07, 6.45) is 0. The highest BCUT2D eigenvalue weighted by Crippen LogP contribution is 2.40. The fraction of sp³-hybridized carbons (Fsp3) is 0. The number of anilines is 3. The van der Waals surface area contributed by atoms with Crippen LogP contribution in [0.5, 0.6) is 0 Å². The van der Waals surface area contributed by atoms with Gasteiger partial charge in [0.25, 0.3) is 0 Å². The third kappa shape index (κ3) is 4.73. The number of fused-ring (bicyclic) bond motifs is 8. The maximum atomic E-state index is 6.40. The molecular formula is C48H31NO. The summed E-state index contributed by atoms with van der Waals surface area (Å²) >= 11 is 0. The van der Waals surface area contributed by atoms with Crippen molar-refractivity contribution in [2.24, 2.45) is 0 Å². The third-order valence-corrected chi connectivity index (χ3v) is 10.0. The summed E-state index contributed by atoms with van der Waals surface area (Å²) < 4.78 is 6.40. The van der Waals surface area contributed by atoms with Crippen LogP contribution in [0.4, 0.5) is 17.1 Å². The van der Waals surface area contributed by atoms with Crippen molar-refractivity contribution in [3.8, 4) is 22.3 Å². The predicted octanol–water partition coefficient (Wildman–Crippen LogP) is 13.8. The smallest absolute Gasteiger partial charge is 0.136 e. The molecule has 10 aromatic rings. The second-order valence-corrected chi connectivity index (χ2v) is 13.0. The van der Waals surface area contributed by atoms with E-state index in [-0.39, 0.29) is 0 Å². The highest BCUT2D eigenvalue weighted by Gasteiger charge is 2.16. The van der Waals surface area contributed by atoms with E-state index in [9.17, 15) is 0 Å². The van der Waals surface area contributed by atoms with Crippen LogP contribution in [0.2, 0.25) is 0 Å². The van der Waals surface area contributed by atoms with E-state index in [0.29, 0.717) is 0 Å². The van der Waals surface area contributed by atoms with Crippen LogP contribution in [-0.4, -0.2) is 0 Å². The predicted molar refractivity (Wildman–Crippen MR) is 212 cm³/mol. The van der Waals surface area contributed by atoms with Crippen molar-refractivity contribution in [2.45, 2.75) is 0 Å². The number of rotatable bonds is 5. The molecule has 0 amide bonds. The van der Waals surface area contributed by atoms with Gasteiger partial charge in [-0.15, -0.1) is 0 Å². The van der Waals surface area contributed by atoms with Crippen LogP contribution in [0.1, 0.15) is 0 Å². The summed E-state index contributed by atoms with van der Waals surface area (Å²) in [5.41, 5.74) is 9.82. The molecule has 0 N–H and O–H groups in total. The highest BCUT2D eigenvalue weighted by molar-refractivity contribution is 6.19. The molecule has 1 aromatic heterocycles. The summed E-state index contributed by atoms with van der Waals surface area (Å²) in [6.45, 7) is 0. The van der Waals surface area contributed by atoms with E-state index in [2.05, 4.69) is 193 Å². The summed E-state index contributed by atoms with van der Waals surface area (Å²) in [6, 6.07) is 67.5. The second-order valence-electron chi connectivity index (χ2n) is 13.0. The van der Waals surface area contributed by atoms with Crippen LogP contribution in [0, 0.1) is 0 Å². The first kappa shape index (κ1) is 28.4. The lowest BCUT2D eigenvalue weighted by molar-refractivity contribution is 0.669. The van der Waals surface area contributed by atoms with Gasteiger partial charge in [-0.25, -0.2) is 0 Å². The molecule has 0 fully saturated rings. The third-order valence-electron chi connectivity index (χ3n) is 10.0. The van der Waals surface area contributed by atoms with E-state index in [0.717, 1.165) is 44.7 Å². The lowest BCUT2D eigenvalue weighted by Gasteiger charge is -2.26. The van der Waals surface area contributed by atoms with Crippen molar-refractivity contribution in [2.75, 3.05) is 4.90 Å². The average molecular weight is 638 g/mol. The van der Waals surface area contributed by atoms with Crippen LogP contribution in [0.25, 0.3) is 76.5 Å². The fourth-order valence-electron chi connectivity index (χ4n) is 7.55. The molecule has 0 unspecified atom stereocenters. The standard InChI is InChI=1S/C48H31NO/c1-2-8-32(9-3-1)33-16-22-39(23-17-33)49(41-26-28-43-38(30-41)15-14-35-10-4-6-12-42(35)43)40-24-18-34(19-25-40)37-20-27-45-47(31-37)50-46-29-21-36-11-5-7-13-44(36)48(45)46/h1-31H. The molecule has 0 saturated heterocycles. The number of benzene rings is 9. The molecule has 0 aliphatic carbocycles. The summed E-state index contributed by atoms with van der Waals surface area (Å²) in [5.74, 6) is 0. The molecule has 0 saturated carbocycles. The SMILES string of the molecule is c1ccc(-c2ccc(N(c3ccc(-c4ccc5c(c4)oc4ccc6ccccc6c45)cc3)c3ccc4c(ccc5ccccc54)c3)cc2)cc1. The molecule has 9 aromatic carbocycles. The first-order chi connectivity index (χ1) is 24.8. The van der Waals surface area contributed by atoms with Gasteiger partial charge in [0, 0.05) is 27.8 Å². The second kappa shape index (κ2) is 11.5. The zero-order valence-electron chi connectivity index (χ0n) is 27.3. The van der Waals surface area contributed by atoms with Crippen LogP contribution in [-0.2, 0) is 0 Å². The largest absolute Gasteiger partial charge is 0.456 e. The van der Waals surface area contributed by atoms with Crippen molar-refractivity contribution in [3.05, 3.63) is 188 Å². The van der Waals surface area contributed by atoms with Gasteiger partial charge < -0.3 is 9.32 Å². The molecule has 0 atom stereocenters. The summed E-state index contributed by atoms with van der Waals surface area (Å²) in [5, 5.41) is 9.77. The zero-order valence-corrected chi connectivity index (χ0v) is 27.3. The number of furan rings is 1. The van der Waals surface area contributed by atoms with Gasteiger partial charge in [-0.2, -0.15) is 0 Å². The van der Waals surface area contributed by atoms with Gasteiger partial charge in [-0.05, 0) is 109 Å². The molecule has 0 spiro atoms. The molecule has 50 heavy (non-hydrogen) atoms. The first-order valence-corrected chi connectivity index (χ1v) is 17.1. The maximum absolute atomic E-state index is 6.40. The van der Waals surface area contributed by atoms with Gasteiger partial charge in [0.15, 0.2) is 0 Å². The molecule has 2 heteroatoms. The Morgan fingerprint density at radius 1 is 0.300 bits per heavy atom. The minimum Gasteiger partial charge on any atom is -0.456 e. The Bertz CT molecular complexity index is 2850. The van der Waals surface area contributed by atoms with Gasteiger partial charge in [-0.3, -0.25) is 0 Å². The lowest BCUT2D eigenvalue weighted by atomic mass is 10.00. The Kier molecular flexibility index (Phi) is 6.53. The normalized spacial score (nSPS) is 11.6. The molecule has 2 nitrogen and oxygen atoms in total. The summed E-state index contributed by atoms with van der Waals surface area (Å²) in [7, 11) is 0. The quantitative estimate of drug-likeness (QED) is 0.175. The molecule has 10 rings (SSSR count). The average Bonchev–Trinajstić information content (AvgIpc) is 3.57. The molecular weight excluding hydrogens is 607 g/mol. The molecule has 0 aliphatic heterocycles. The molecule has 1 heterocycles. The Balaban J connectivity index is 1.06. The Morgan fingerprint density at radius 2 is 0.820 bits per heavy atom. The van der Waals surface area contributed by atoms with Crippen LogP contribution < -0.4 is 4.90 Å². The Morgan fingerprint density at radius 3 is 1.58 bits per heavy atom. The fourth-order valence-corrected chi connectivity index (χ4v) is 7.55. The number of nitrogens with zero attached hydrogens (tertiary/aromatic N) is 1. The van der Waals surface area contributed by atoms with Crippen molar-refractivity contribution in [3.63, 3.8) is 0 Å². The Labute approximate surface area is 290 Å². The van der Waals surface area contributed by atoms with Gasteiger partial charge in [0.2, 0.25) is 0 Å². The minimum atomic E-state index is 0.904. The van der Waals surface area contributed by atoms with Crippen molar-refractivity contribution in [1.82, 2.24) is 0 Å². The molecule has 0 radical (unpaired) electrons. The monoisotopic (exact) mass is 637 g/mol. The Hall–Kier alpha value is -6.64. The molecule has 234 valence electrons. The van der Waals surface area contributed by atoms with Gasteiger partial charge in [0.1, 0.15) is 11.2 Å². The van der Waals surface area contributed by atoms with Gasteiger partial charge >= 0.3 is 0 Å². The topological polar surface area (TPSA) is 16.4 Å². The summed E-state index contributed by atoms with van der Waals surface area (Å²) in [4.78, 5) is 2.35. The highest BCUT2D eigenvalue weighted by atomic mass is 16.3. The number of hydrogen-bond acceptors (Lipinski definition) is 2. The van der Waals surface area contributed by atoms with Crippen LogP contribution in [0.15, 0.2) is 192 Å². The van der Waals surface area contributed by atoms with Gasteiger partial charge in [0.05, 0.1) is 0 Å². The van der Waals surface area contributed by atoms with E-state index in [1.54, 1.807) is 0 Å². The van der Waals surface area contributed by atoms with Crippen molar-refractivity contribution < 1.29 is 4.42 Å². The van der Waals surface area contributed by atoms with Gasteiger partial charge in [-0.1, -0.05) is 133 Å². The number of hydrogen-bond donors (Lipinski definition) is 0. The van der Waals surface area contributed by atoms with Crippen LogP contribution >= 0.6 is 0 Å². The van der Waals surface area contributed by atoms with Crippen molar-refractivity contribution in [1.29, 1.82) is 0 Å². The first-order valence-electron chi connectivity index (χ1n) is 17.1. The molecule has 0 aliphatic rings. The van der Waals surface area contributed by atoms with Crippen molar-refractivity contribution >= 4 is 71.3 Å². The van der Waals surface area contributed by atoms with E-state index < -0.39 is 0 Å². The lowest BCUT2D eigenvalue weighted by Crippen LogP contribution is -2.09. The van der Waals surface area contributed by atoms with E-state index in [4.69, 9.17) is 4.42 Å². The minimum absolute atomic E-state index is 0.904. The zero-order chi connectivity index (χ0) is 33.0.